The zero-order chi connectivity index (χ0) is 13.0. The molecular formula is C14H13F2NO. The van der Waals surface area contributed by atoms with E-state index in [-0.39, 0.29) is 6.61 Å². The van der Waals surface area contributed by atoms with Crippen LogP contribution in [0.1, 0.15) is 11.1 Å². The number of benzene rings is 2. The predicted octanol–water partition coefficient (Wildman–Crippen LogP) is 3.07. The van der Waals surface area contributed by atoms with Gasteiger partial charge in [-0.1, -0.05) is 24.3 Å². The van der Waals surface area contributed by atoms with E-state index in [0.717, 1.165) is 17.2 Å². The Bertz CT molecular complexity index is 506. The molecule has 0 saturated carbocycles. The Morgan fingerprint density at radius 2 is 1.44 bits per heavy atom. The molecule has 0 atom stereocenters. The number of rotatable bonds is 4. The Kier molecular flexibility index (Phi) is 3.89. The highest BCUT2D eigenvalue weighted by Crippen LogP contribution is 2.14. The molecule has 94 valence electrons. The number of hydrogen-bond donors (Lipinski definition) is 2. The highest BCUT2D eigenvalue weighted by molar-refractivity contribution is 5.44. The number of nitrogens with one attached hydrogen (secondary N) is 1. The van der Waals surface area contributed by atoms with Crippen molar-refractivity contribution in [3.63, 3.8) is 0 Å². The Balaban J connectivity index is 2.01. The molecule has 0 bridgehead atoms. The molecule has 0 radical (unpaired) electrons. The van der Waals surface area contributed by atoms with Crippen molar-refractivity contribution in [3.8, 4) is 0 Å². The second-order valence-electron chi connectivity index (χ2n) is 3.99. The zero-order valence-corrected chi connectivity index (χ0v) is 9.66. The lowest BCUT2D eigenvalue weighted by Crippen LogP contribution is -2.00. The maximum atomic E-state index is 12.9. The lowest BCUT2D eigenvalue weighted by Gasteiger charge is -2.07. The molecule has 2 N–H and O–H groups in total. The standard InChI is InChI=1S/C14H13F2NO/c15-12-5-13(16)7-14(6-12)17-8-10-1-3-11(9-18)4-2-10/h1-7,17-18H,8-9H2. The number of halogens is 2. The van der Waals surface area contributed by atoms with Gasteiger partial charge in [-0.3, -0.25) is 0 Å². The van der Waals surface area contributed by atoms with Crippen LogP contribution in [0.15, 0.2) is 42.5 Å². The lowest BCUT2D eigenvalue weighted by molar-refractivity contribution is 0.282. The van der Waals surface area contributed by atoms with Crippen molar-refractivity contribution < 1.29 is 13.9 Å². The van der Waals surface area contributed by atoms with Gasteiger partial charge in [0.15, 0.2) is 0 Å². The minimum Gasteiger partial charge on any atom is -0.392 e. The zero-order valence-electron chi connectivity index (χ0n) is 9.66. The minimum atomic E-state index is -0.604. The Hall–Kier alpha value is -1.94. The van der Waals surface area contributed by atoms with Crippen LogP contribution < -0.4 is 5.32 Å². The van der Waals surface area contributed by atoms with E-state index in [1.807, 2.05) is 24.3 Å². The van der Waals surface area contributed by atoms with Crippen LogP contribution in [0.2, 0.25) is 0 Å². The molecule has 2 aromatic rings. The van der Waals surface area contributed by atoms with Crippen LogP contribution in [0.25, 0.3) is 0 Å². The smallest absolute Gasteiger partial charge is 0.128 e. The van der Waals surface area contributed by atoms with Gasteiger partial charge in [0.05, 0.1) is 6.61 Å². The van der Waals surface area contributed by atoms with Crippen LogP contribution in [0.4, 0.5) is 14.5 Å². The third-order valence-corrected chi connectivity index (χ3v) is 2.56. The van der Waals surface area contributed by atoms with Crippen LogP contribution in [-0.4, -0.2) is 5.11 Å². The average molecular weight is 249 g/mol. The molecule has 0 aliphatic heterocycles. The summed E-state index contributed by atoms with van der Waals surface area (Å²) >= 11 is 0. The van der Waals surface area contributed by atoms with Crippen LogP contribution >= 0.6 is 0 Å². The van der Waals surface area contributed by atoms with Crippen LogP contribution in [0.3, 0.4) is 0 Å². The Labute approximate surface area is 104 Å². The van der Waals surface area contributed by atoms with E-state index >= 15 is 0 Å². The summed E-state index contributed by atoms with van der Waals surface area (Å²) in [6.07, 6.45) is 0. The number of anilines is 1. The molecule has 0 heterocycles. The average Bonchev–Trinajstić information content (AvgIpc) is 2.36. The van der Waals surface area contributed by atoms with Gasteiger partial charge in [-0.05, 0) is 23.3 Å². The first kappa shape index (κ1) is 12.5. The van der Waals surface area contributed by atoms with Crippen molar-refractivity contribution >= 4 is 5.69 Å². The molecule has 0 aliphatic rings. The summed E-state index contributed by atoms with van der Waals surface area (Å²) in [4.78, 5) is 0. The summed E-state index contributed by atoms with van der Waals surface area (Å²) in [5.41, 5.74) is 2.20. The van der Waals surface area contributed by atoms with Gasteiger partial charge < -0.3 is 10.4 Å². The molecule has 2 nitrogen and oxygen atoms in total. The van der Waals surface area contributed by atoms with E-state index in [1.165, 1.54) is 12.1 Å². The maximum absolute atomic E-state index is 12.9. The third-order valence-electron chi connectivity index (χ3n) is 2.56. The Morgan fingerprint density at radius 1 is 0.889 bits per heavy atom. The molecule has 0 amide bonds. The Morgan fingerprint density at radius 3 is 2.00 bits per heavy atom. The summed E-state index contributed by atoms with van der Waals surface area (Å²) in [6, 6.07) is 10.6. The van der Waals surface area contributed by atoms with E-state index in [9.17, 15) is 8.78 Å². The SMILES string of the molecule is OCc1ccc(CNc2cc(F)cc(F)c2)cc1. The van der Waals surface area contributed by atoms with Crippen LogP contribution in [0, 0.1) is 11.6 Å². The van der Waals surface area contributed by atoms with Gasteiger partial charge in [-0.15, -0.1) is 0 Å². The molecular weight excluding hydrogens is 236 g/mol. The highest BCUT2D eigenvalue weighted by Gasteiger charge is 2.00. The van der Waals surface area contributed by atoms with Gasteiger partial charge in [0, 0.05) is 18.3 Å². The summed E-state index contributed by atoms with van der Waals surface area (Å²) in [7, 11) is 0. The quantitative estimate of drug-likeness (QED) is 0.872. The first-order chi connectivity index (χ1) is 8.67. The fourth-order valence-electron chi connectivity index (χ4n) is 1.62. The highest BCUT2D eigenvalue weighted by atomic mass is 19.1. The third kappa shape index (κ3) is 3.28. The molecule has 18 heavy (non-hydrogen) atoms. The van der Waals surface area contributed by atoms with Crippen molar-refractivity contribution in [1.29, 1.82) is 0 Å². The van der Waals surface area contributed by atoms with Crippen molar-refractivity contribution in [3.05, 3.63) is 65.2 Å². The van der Waals surface area contributed by atoms with E-state index in [4.69, 9.17) is 5.11 Å². The molecule has 0 fully saturated rings. The van der Waals surface area contributed by atoms with E-state index in [1.54, 1.807) is 0 Å². The number of hydrogen-bond acceptors (Lipinski definition) is 2. The second-order valence-corrected chi connectivity index (χ2v) is 3.99. The normalized spacial score (nSPS) is 10.4. The van der Waals surface area contributed by atoms with Gasteiger partial charge in [0.1, 0.15) is 11.6 Å². The summed E-state index contributed by atoms with van der Waals surface area (Å²) in [6.45, 7) is 0.470. The van der Waals surface area contributed by atoms with E-state index in [2.05, 4.69) is 5.32 Å². The van der Waals surface area contributed by atoms with Crippen molar-refractivity contribution in [2.24, 2.45) is 0 Å². The van der Waals surface area contributed by atoms with Gasteiger partial charge >= 0.3 is 0 Å². The fourth-order valence-corrected chi connectivity index (χ4v) is 1.62. The number of aliphatic hydroxyl groups excluding tert-OH is 1. The first-order valence-corrected chi connectivity index (χ1v) is 5.56. The lowest BCUT2D eigenvalue weighted by atomic mass is 10.1. The molecule has 4 heteroatoms. The van der Waals surface area contributed by atoms with Crippen molar-refractivity contribution in [2.45, 2.75) is 13.2 Å². The summed E-state index contributed by atoms with van der Waals surface area (Å²) in [5, 5.41) is 11.8. The predicted molar refractivity (Wildman–Crippen MR) is 66.0 cm³/mol. The van der Waals surface area contributed by atoms with Gasteiger partial charge in [0.25, 0.3) is 0 Å². The van der Waals surface area contributed by atoms with E-state index in [0.29, 0.717) is 12.2 Å². The monoisotopic (exact) mass is 249 g/mol. The second kappa shape index (κ2) is 5.60. The maximum Gasteiger partial charge on any atom is 0.128 e. The van der Waals surface area contributed by atoms with Crippen LogP contribution in [-0.2, 0) is 13.2 Å². The number of aliphatic hydroxyl groups is 1. The molecule has 0 aliphatic carbocycles. The topological polar surface area (TPSA) is 32.3 Å². The summed E-state index contributed by atoms with van der Waals surface area (Å²) < 4.78 is 25.9. The first-order valence-electron chi connectivity index (χ1n) is 5.56. The molecule has 2 rings (SSSR count). The van der Waals surface area contributed by atoms with Gasteiger partial charge in [-0.2, -0.15) is 0 Å². The van der Waals surface area contributed by atoms with Crippen molar-refractivity contribution in [1.82, 2.24) is 0 Å². The summed E-state index contributed by atoms with van der Waals surface area (Å²) in [5.74, 6) is -1.21. The van der Waals surface area contributed by atoms with Crippen LogP contribution in [0.5, 0.6) is 0 Å². The van der Waals surface area contributed by atoms with Gasteiger partial charge in [-0.25, -0.2) is 8.78 Å². The van der Waals surface area contributed by atoms with Crippen molar-refractivity contribution in [2.75, 3.05) is 5.32 Å². The van der Waals surface area contributed by atoms with E-state index < -0.39 is 11.6 Å². The minimum absolute atomic E-state index is 0.00279. The largest absolute Gasteiger partial charge is 0.392 e. The molecule has 0 unspecified atom stereocenters. The molecule has 2 aromatic carbocycles. The molecule has 0 saturated heterocycles. The van der Waals surface area contributed by atoms with Gasteiger partial charge in [0.2, 0.25) is 0 Å². The molecule has 0 spiro atoms. The molecule has 0 aromatic heterocycles. The fraction of sp³-hybridized carbons (Fsp3) is 0.143.